The molecule has 0 atom stereocenters. The maximum Gasteiger partial charge on any atom is 0.164 e. The number of carbonyl (C=O) groups is 1. The molecule has 0 saturated heterocycles. The van der Waals surface area contributed by atoms with E-state index in [1.807, 2.05) is 19.1 Å². The number of hydrogen-bond acceptors (Lipinski definition) is 2. The van der Waals surface area contributed by atoms with Gasteiger partial charge in [-0.3, -0.25) is 9.78 Å². The molecule has 0 bridgehead atoms. The molecule has 1 aliphatic carbocycles. The van der Waals surface area contributed by atoms with Crippen LogP contribution in [0.5, 0.6) is 0 Å². The van der Waals surface area contributed by atoms with E-state index < -0.39 is 0 Å². The Labute approximate surface area is 90.7 Å². The molecule has 1 saturated carbocycles. The monoisotopic (exact) mass is 203 g/mol. The van der Waals surface area contributed by atoms with Crippen molar-refractivity contribution in [2.45, 2.75) is 39.0 Å². The van der Waals surface area contributed by atoms with Crippen LogP contribution in [0.2, 0.25) is 0 Å². The minimum absolute atomic E-state index is 0.271. The van der Waals surface area contributed by atoms with Crippen molar-refractivity contribution < 1.29 is 4.79 Å². The molecule has 15 heavy (non-hydrogen) atoms. The fourth-order valence-corrected chi connectivity index (χ4v) is 2.37. The topological polar surface area (TPSA) is 30.0 Å². The highest BCUT2D eigenvalue weighted by Crippen LogP contribution is 2.28. The molecule has 1 aromatic heterocycles. The lowest BCUT2D eigenvalue weighted by molar-refractivity contribution is 0.0961. The molecule has 0 aromatic carbocycles. The number of rotatable bonds is 3. The van der Waals surface area contributed by atoms with E-state index in [1.54, 1.807) is 6.20 Å². The molecule has 0 N–H and O–H groups in total. The lowest BCUT2D eigenvalue weighted by Crippen LogP contribution is -2.08. The van der Waals surface area contributed by atoms with Gasteiger partial charge in [0.25, 0.3) is 0 Å². The van der Waals surface area contributed by atoms with Crippen molar-refractivity contribution in [1.82, 2.24) is 4.98 Å². The largest absolute Gasteiger partial charge is 0.294 e. The Balaban J connectivity index is 2.04. The summed E-state index contributed by atoms with van der Waals surface area (Å²) in [6, 6.07) is 3.73. The molecule has 2 rings (SSSR count). The SMILES string of the molecule is Cc1ncccc1C(=O)CC1CCCC1. The summed E-state index contributed by atoms with van der Waals surface area (Å²) >= 11 is 0. The van der Waals surface area contributed by atoms with Gasteiger partial charge < -0.3 is 0 Å². The molecule has 0 amide bonds. The van der Waals surface area contributed by atoms with Crippen molar-refractivity contribution in [2.24, 2.45) is 5.92 Å². The van der Waals surface area contributed by atoms with E-state index in [2.05, 4.69) is 4.98 Å². The molecule has 2 heteroatoms. The number of ketones is 1. The first-order valence-electron chi connectivity index (χ1n) is 5.72. The summed E-state index contributed by atoms with van der Waals surface area (Å²) in [6.45, 7) is 1.90. The molecule has 0 spiro atoms. The molecule has 1 aliphatic rings. The lowest BCUT2D eigenvalue weighted by atomic mass is 9.96. The molecule has 1 heterocycles. The van der Waals surface area contributed by atoms with E-state index in [1.165, 1.54) is 25.7 Å². The highest BCUT2D eigenvalue weighted by atomic mass is 16.1. The molecular weight excluding hydrogens is 186 g/mol. The standard InChI is InChI=1S/C13H17NO/c1-10-12(7-4-8-14-10)13(15)9-11-5-2-3-6-11/h4,7-8,11H,2-3,5-6,9H2,1H3. The first kappa shape index (κ1) is 10.3. The molecule has 80 valence electrons. The number of hydrogen-bond donors (Lipinski definition) is 0. The third-order valence-electron chi connectivity index (χ3n) is 3.26. The van der Waals surface area contributed by atoms with Crippen molar-refractivity contribution in [1.29, 1.82) is 0 Å². The van der Waals surface area contributed by atoms with E-state index in [9.17, 15) is 4.79 Å². The van der Waals surface area contributed by atoms with Gasteiger partial charge in [0.1, 0.15) is 0 Å². The zero-order chi connectivity index (χ0) is 10.7. The molecule has 1 fully saturated rings. The Bertz CT molecular complexity index is 353. The van der Waals surface area contributed by atoms with E-state index in [-0.39, 0.29) is 5.78 Å². The highest BCUT2D eigenvalue weighted by molar-refractivity contribution is 5.97. The number of carbonyl (C=O) groups excluding carboxylic acids is 1. The average Bonchev–Trinajstić information content (AvgIpc) is 2.71. The number of aryl methyl sites for hydroxylation is 1. The van der Waals surface area contributed by atoms with Crippen LogP contribution in [0.25, 0.3) is 0 Å². The Kier molecular flexibility index (Phi) is 3.14. The molecule has 1 aromatic rings. The Morgan fingerprint density at radius 3 is 2.87 bits per heavy atom. The lowest BCUT2D eigenvalue weighted by Gasteiger charge is -2.08. The molecule has 0 aliphatic heterocycles. The average molecular weight is 203 g/mol. The van der Waals surface area contributed by atoms with E-state index >= 15 is 0 Å². The van der Waals surface area contributed by atoms with Gasteiger partial charge in [-0.25, -0.2) is 0 Å². The molecule has 0 radical (unpaired) electrons. The van der Waals surface area contributed by atoms with Gasteiger partial charge in [-0.15, -0.1) is 0 Å². The second-order valence-electron chi connectivity index (χ2n) is 4.41. The van der Waals surface area contributed by atoms with Crippen LogP contribution in [0.15, 0.2) is 18.3 Å². The van der Waals surface area contributed by atoms with Crippen molar-refractivity contribution in [3.63, 3.8) is 0 Å². The van der Waals surface area contributed by atoms with Crippen LogP contribution in [0.1, 0.15) is 48.2 Å². The smallest absolute Gasteiger partial charge is 0.164 e. The zero-order valence-corrected chi connectivity index (χ0v) is 9.20. The number of nitrogens with zero attached hydrogens (tertiary/aromatic N) is 1. The third-order valence-corrected chi connectivity index (χ3v) is 3.26. The van der Waals surface area contributed by atoms with E-state index in [4.69, 9.17) is 0 Å². The number of Topliss-reactive ketones (excluding diaryl/α,β-unsaturated/α-hetero) is 1. The van der Waals surface area contributed by atoms with Crippen molar-refractivity contribution >= 4 is 5.78 Å². The highest BCUT2D eigenvalue weighted by Gasteiger charge is 2.20. The molecular formula is C13H17NO. The van der Waals surface area contributed by atoms with Gasteiger partial charge in [0.05, 0.1) is 0 Å². The van der Waals surface area contributed by atoms with Crippen molar-refractivity contribution in [2.75, 3.05) is 0 Å². The summed E-state index contributed by atoms with van der Waals surface area (Å²) in [5.41, 5.74) is 1.67. The van der Waals surface area contributed by atoms with Gasteiger partial charge in [-0.05, 0) is 25.0 Å². The summed E-state index contributed by atoms with van der Waals surface area (Å²) in [7, 11) is 0. The van der Waals surface area contributed by atoms with Crippen LogP contribution in [-0.2, 0) is 0 Å². The maximum atomic E-state index is 12.0. The second-order valence-corrected chi connectivity index (χ2v) is 4.41. The van der Waals surface area contributed by atoms with E-state index in [0.29, 0.717) is 12.3 Å². The fourth-order valence-electron chi connectivity index (χ4n) is 2.37. The predicted molar refractivity (Wildman–Crippen MR) is 59.9 cm³/mol. The predicted octanol–water partition coefficient (Wildman–Crippen LogP) is 3.15. The van der Waals surface area contributed by atoms with Crippen LogP contribution in [0.4, 0.5) is 0 Å². The minimum Gasteiger partial charge on any atom is -0.294 e. The summed E-state index contributed by atoms with van der Waals surface area (Å²) in [5.74, 6) is 0.893. The Hall–Kier alpha value is -1.18. The van der Waals surface area contributed by atoms with Gasteiger partial charge in [-0.2, -0.15) is 0 Å². The van der Waals surface area contributed by atoms with Crippen molar-refractivity contribution in [3.05, 3.63) is 29.6 Å². The van der Waals surface area contributed by atoms with Crippen LogP contribution < -0.4 is 0 Å². The number of pyridine rings is 1. The quantitative estimate of drug-likeness (QED) is 0.706. The van der Waals surface area contributed by atoms with Crippen LogP contribution >= 0.6 is 0 Å². The summed E-state index contributed by atoms with van der Waals surface area (Å²) in [4.78, 5) is 16.1. The van der Waals surface area contributed by atoms with Gasteiger partial charge in [0.2, 0.25) is 0 Å². The summed E-state index contributed by atoms with van der Waals surface area (Å²) in [5, 5.41) is 0. The first-order chi connectivity index (χ1) is 7.27. The van der Waals surface area contributed by atoms with Gasteiger partial charge in [-0.1, -0.05) is 25.7 Å². The second kappa shape index (κ2) is 4.56. The molecule has 0 unspecified atom stereocenters. The van der Waals surface area contributed by atoms with Crippen LogP contribution in [0, 0.1) is 12.8 Å². The first-order valence-corrected chi connectivity index (χ1v) is 5.72. The minimum atomic E-state index is 0.271. The zero-order valence-electron chi connectivity index (χ0n) is 9.20. The molecule has 2 nitrogen and oxygen atoms in total. The van der Waals surface area contributed by atoms with Crippen molar-refractivity contribution in [3.8, 4) is 0 Å². The summed E-state index contributed by atoms with van der Waals surface area (Å²) in [6.07, 6.45) is 7.50. The Morgan fingerprint density at radius 2 is 2.20 bits per heavy atom. The van der Waals surface area contributed by atoms with Gasteiger partial charge in [0.15, 0.2) is 5.78 Å². The van der Waals surface area contributed by atoms with Crippen LogP contribution in [0.3, 0.4) is 0 Å². The van der Waals surface area contributed by atoms with Gasteiger partial charge in [0, 0.05) is 23.9 Å². The van der Waals surface area contributed by atoms with Gasteiger partial charge >= 0.3 is 0 Å². The third kappa shape index (κ3) is 2.44. The van der Waals surface area contributed by atoms with Crippen LogP contribution in [-0.4, -0.2) is 10.8 Å². The Morgan fingerprint density at radius 1 is 1.47 bits per heavy atom. The summed E-state index contributed by atoms with van der Waals surface area (Å²) < 4.78 is 0. The normalized spacial score (nSPS) is 16.9. The van der Waals surface area contributed by atoms with E-state index in [0.717, 1.165) is 11.3 Å². The number of aromatic nitrogens is 1. The fraction of sp³-hybridized carbons (Fsp3) is 0.538. The maximum absolute atomic E-state index is 12.0.